The number of hydrogen-bond donors (Lipinski definition) is 3. The van der Waals surface area contributed by atoms with Crippen LogP contribution in [0.1, 0.15) is 46.6 Å². The second kappa shape index (κ2) is 5.84. The highest BCUT2D eigenvalue weighted by molar-refractivity contribution is 5.88. The second-order valence-corrected chi connectivity index (χ2v) is 8.00. The third kappa shape index (κ3) is 3.29. The van der Waals surface area contributed by atoms with E-state index in [1.807, 2.05) is 0 Å². The number of anilines is 1. The van der Waals surface area contributed by atoms with E-state index >= 15 is 0 Å². The average molecular weight is 337 g/mol. The van der Waals surface area contributed by atoms with Gasteiger partial charge in [-0.2, -0.15) is 0 Å². The molecule has 1 atom stereocenters. The van der Waals surface area contributed by atoms with E-state index in [1.54, 1.807) is 32.9 Å². The number of benzene rings is 1. The van der Waals surface area contributed by atoms with Crippen molar-refractivity contribution in [2.45, 2.75) is 52.1 Å². The monoisotopic (exact) mass is 337 g/mol. The Morgan fingerprint density at radius 1 is 1.33 bits per heavy atom. The van der Waals surface area contributed by atoms with Crippen molar-refractivity contribution in [1.82, 2.24) is 0 Å². The molecule has 24 heavy (non-hydrogen) atoms. The van der Waals surface area contributed by atoms with Crippen molar-refractivity contribution >= 4 is 11.8 Å². The largest absolute Gasteiger partial charge is 0.503 e. The Bertz CT molecular complexity index is 648. The van der Waals surface area contributed by atoms with Crippen LogP contribution in [0.5, 0.6) is 11.5 Å². The van der Waals surface area contributed by atoms with Gasteiger partial charge in [0.1, 0.15) is 5.60 Å². The Hall–Kier alpha value is -1.95. The smallest absolute Gasteiger partial charge is 0.412 e. The Morgan fingerprint density at radius 3 is 2.33 bits per heavy atom. The number of methoxy groups -OCH3 is 1. The molecule has 0 bridgehead atoms. The number of carbonyl (C=O) groups is 1. The lowest BCUT2D eigenvalue weighted by molar-refractivity contribution is 0.0635. The van der Waals surface area contributed by atoms with Crippen molar-refractivity contribution in [3.05, 3.63) is 17.7 Å². The molecule has 6 heteroatoms. The fourth-order valence-electron chi connectivity index (χ4n) is 3.11. The average Bonchev–Trinajstić information content (AvgIpc) is 3.02. The molecule has 0 aromatic heterocycles. The first-order chi connectivity index (χ1) is 11.0. The van der Waals surface area contributed by atoms with Gasteiger partial charge in [0.05, 0.1) is 19.4 Å². The number of phenols is 1. The first-order valence-corrected chi connectivity index (χ1v) is 7.98. The fourth-order valence-corrected chi connectivity index (χ4v) is 3.11. The molecule has 1 aromatic rings. The Labute approximate surface area is 142 Å². The van der Waals surface area contributed by atoms with Crippen LogP contribution in [0.25, 0.3) is 0 Å². The molecule has 0 spiro atoms. The number of rotatable bonds is 4. The van der Waals surface area contributed by atoms with Gasteiger partial charge >= 0.3 is 6.09 Å². The molecule has 1 saturated carbocycles. The number of phenolic OH excluding ortho intramolecular Hbond substituents is 1. The van der Waals surface area contributed by atoms with Gasteiger partial charge in [0.15, 0.2) is 11.5 Å². The minimum absolute atomic E-state index is 0.0141. The number of ether oxygens (including phenoxy) is 2. The van der Waals surface area contributed by atoms with Gasteiger partial charge in [-0.25, -0.2) is 4.79 Å². The van der Waals surface area contributed by atoms with E-state index in [0.717, 1.165) is 12.0 Å². The van der Waals surface area contributed by atoms with Gasteiger partial charge in [-0.15, -0.1) is 0 Å². The summed E-state index contributed by atoms with van der Waals surface area (Å²) >= 11 is 0. The van der Waals surface area contributed by atoms with Crippen molar-refractivity contribution < 1.29 is 24.5 Å². The van der Waals surface area contributed by atoms with Crippen LogP contribution in [0.2, 0.25) is 0 Å². The summed E-state index contributed by atoms with van der Waals surface area (Å²) in [6, 6.07) is 3.38. The highest BCUT2D eigenvalue weighted by Crippen LogP contribution is 2.64. The van der Waals surface area contributed by atoms with Crippen LogP contribution in [0.4, 0.5) is 10.5 Å². The van der Waals surface area contributed by atoms with E-state index in [1.165, 1.54) is 7.11 Å². The van der Waals surface area contributed by atoms with Gasteiger partial charge in [0.25, 0.3) is 0 Å². The third-order valence-electron chi connectivity index (χ3n) is 4.67. The lowest BCUT2D eigenvalue weighted by Gasteiger charge is -2.23. The molecule has 0 radical (unpaired) electrons. The predicted molar refractivity (Wildman–Crippen MR) is 91.7 cm³/mol. The van der Waals surface area contributed by atoms with Crippen LogP contribution < -0.4 is 10.1 Å². The van der Waals surface area contributed by atoms with Crippen molar-refractivity contribution in [2.75, 3.05) is 19.0 Å². The van der Waals surface area contributed by atoms with Gasteiger partial charge in [-0.3, -0.25) is 5.32 Å². The van der Waals surface area contributed by atoms with Crippen LogP contribution in [0.15, 0.2) is 12.1 Å². The number of aliphatic hydroxyl groups is 1. The molecule has 1 amide bonds. The Kier molecular flexibility index (Phi) is 4.48. The summed E-state index contributed by atoms with van der Waals surface area (Å²) in [5.74, 6) is 0.0766. The molecular weight excluding hydrogens is 310 g/mol. The van der Waals surface area contributed by atoms with Crippen LogP contribution in [-0.2, 0) is 10.2 Å². The highest BCUT2D eigenvalue weighted by Gasteiger charge is 2.61. The molecule has 3 N–H and O–H groups in total. The number of amides is 1. The van der Waals surface area contributed by atoms with E-state index in [4.69, 9.17) is 9.47 Å². The Balaban J connectivity index is 2.38. The number of carbonyl (C=O) groups excluding carboxylic acids is 1. The van der Waals surface area contributed by atoms with Crippen molar-refractivity contribution in [2.24, 2.45) is 5.41 Å². The normalized spacial score (nSPS) is 22.0. The standard InChI is InChI=1S/C18H27NO5/c1-16(2,3)24-15(22)19-12-7-11(8-13(23-6)14(12)21)18(10-20)9-17(18,4)5/h7-8,20-21H,9-10H2,1-6H3,(H,19,22). The minimum Gasteiger partial charge on any atom is -0.503 e. The quantitative estimate of drug-likeness (QED) is 0.733. The van der Waals surface area contributed by atoms with Crippen LogP contribution >= 0.6 is 0 Å². The number of hydrogen-bond acceptors (Lipinski definition) is 5. The van der Waals surface area contributed by atoms with Crippen molar-refractivity contribution in [1.29, 1.82) is 0 Å². The molecule has 0 aliphatic heterocycles. The molecule has 0 heterocycles. The molecule has 134 valence electrons. The summed E-state index contributed by atoms with van der Waals surface area (Å²) in [6.07, 6.45) is 0.154. The van der Waals surface area contributed by atoms with Crippen LogP contribution in [0, 0.1) is 5.41 Å². The molecule has 1 aliphatic rings. The van der Waals surface area contributed by atoms with Gasteiger partial charge in [0.2, 0.25) is 0 Å². The van der Waals surface area contributed by atoms with Crippen LogP contribution in [-0.4, -0.2) is 35.6 Å². The van der Waals surface area contributed by atoms with Gasteiger partial charge in [-0.05, 0) is 50.3 Å². The summed E-state index contributed by atoms with van der Waals surface area (Å²) in [4.78, 5) is 12.0. The maximum absolute atomic E-state index is 12.0. The second-order valence-electron chi connectivity index (χ2n) is 8.00. The van der Waals surface area contributed by atoms with Gasteiger partial charge in [0, 0.05) is 5.41 Å². The van der Waals surface area contributed by atoms with Gasteiger partial charge in [-0.1, -0.05) is 13.8 Å². The first-order valence-electron chi connectivity index (χ1n) is 7.98. The van der Waals surface area contributed by atoms with Crippen LogP contribution in [0.3, 0.4) is 0 Å². The molecule has 2 rings (SSSR count). The topological polar surface area (TPSA) is 88.0 Å². The number of nitrogens with one attached hydrogen (secondary N) is 1. The van der Waals surface area contributed by atoms with E-state index < -0.39 is 17.1 Å². The van der Waals surface area contributed by atoms with Gasteiger partial charge < -0.3 is 19.7 Å². The van der Waals surface area contributed by atoms with Crippen molar-refractivity contribution in [3.63, 3.8) is 0 Å². The van der Waals surface area contributed by atoms with E-state index in [0.29, 0.717) is 0 Å². The molecule has 0 saturated heterocycles. The zero-order valence-corrected chi connectivity index (χ0v) is 15.2. The summed E-state index contributed by atoms with van der Waals surface area (Å²) in [5.41, 5.74) is -0.0953. The maximum atomic E-state index is 12.0. The maximum Gasteiger partial charge on any atom is 0.412 e. The third-order valence-corrected chi connectivity index (χ3v) is 4.67. The fraction of sp³-hybridized carbons (Fsp3) is 0.611. The summed E-state index contributed by atoms with van der Waals surface area (Å²) < 4.78 is 10.4. The molecule has 1 aliphatic carbocycles. The summed E-state index contributed by atoms with van der Waals surface area (Å²) in [7, 11) is 1.44. The predicted octanol–water partition coefficient (Wildman–Crippen LogP) is 3.41. The van der Waals surface area contributed by atoms with E-state index in [2.05, 4.69) is 19.2 Å². The minimum atomic E-state index is -0.662. The summed E-state index contributed by atoms with van der Waals surface area (Å²) in [5, 5.41) is 22.7. The molecule has 1 unspecified atom stereocenters. The number of aromatic hydroxyl groups is 1. The molecule has 1 fully saturated rings. The summed E-state index contributed by atoms with van der Waals surface area (Å²) in [6.45, 7) is 9.41. The lowest BCUT2D eigenvalue weighted by Crippen LogP contribution is -2.27. The van der Waals surface area contributed by atoms with E-state index in [9.17, 15) is 15.0 Å². The molecular formula is C18H27NO5. The zero-order valence-electron chi connectivity index (χ0n) is 15.2. The first kappa shape index (κ1) is 18.4. The SMILES string of the molecule is COc1cc(C2(CO)CC2(C)C)cc(NC(=O)OC(C)(C)C)c1O. The Morgan fingerprint density at radius 2 is 1.92 bits per heavy atom. The molecule has 1 aromatic carbocycles. The number of aliphatic hydroxyl groups excluding tert-OH is 1. The van der Waals surface area contributed by atoms with E-state index in [-0.39, 0.29) is 29.2 Å². The molecule has 6 nitrogen and oxygen atoms in total. The van der Waals surface area contributed by atoms with Crippen molar-refractivity contribution in [3.8, 4) is 11.5 Å². The highest BCUT2D eigenvalue weighted by atomic mass is 16.6. The zero-order chi connectivity index (χ0) is 18.3. The lowest BCUT2D eigenvalue weighted by atomic mass is 9.88.